The number of benzene rings is 2. The Balaban J connectivity index is 1.66. The molecule has 0 saturated heterocycles. The molecule has 0 unspecified atom stereocenters. The average Bonchev–Trinajstić information content (AvgIpc) is 3.06. The molecule has 3 heteroatoms. The first-order valence-corrected chi connectivity index (χ1v) is 8.44. The monoisotopic (exact) mass is 307 g/mol. The molecule has 1 saturated carbocycles. The second-order valence-corrected chi connectivity index (χ2v) is 6.44. The summed E-state index contributed by atoms with van der Waals surface area (Å²) in [6.07, 6.45) is 6.63. The Labute approximate surface area is 136 Å². The van der Waals surface area contributed by atoms with E-state index in [4.69, 9.17) is 9.52 Å². The molecule has 1 aromatic heterocycles. The van der Waals surface area contributed by atoms with E-state index in [0.717, 1.165) is 22.2 Å². The van der Waals surface area contributed by atoms with Crippen molar-refractivity contribution >= 4 is 11.1 Å². The van der Waals surface area contributed by atoms with Crippen LogP contribution in [-0.2, 0) is 6.61 Å². The van der Waals surface area contributed by atoms with Gasteiger partial charge in [-0.05, 0) is 54.2 Å². The molecule has 0 atom stereocenters. The first-order chi connectivity index (χ1) is 11.3. The molecule has 23 heavy (non-hydrogen) atoms. The minimum absolute atomic E-state index is 0.0542. The highest BCUT2D eigenvalue weighted by Crippen LogP contribution is 2.34. The molecule has 0 amide bonds. The summed E-state index contributed by atoms with van der Waals surface area (Å²) in [5, 5.41) is 9.13. The summed E-state index contributed by atoms with van der Waals surface area (Å²) in [7, 11) is 0. The standard InChI is InChI=1S/C20H21NO2/c22-13-14-6-8-16(9-7-14)20-21-18-12-17(10-11-19(18)23-20)15-4-2-1-3-5-15/h6-12,15,22H,1-5,13H2. The minimum Gasteiger partial charge on any atom is -0.436 e. The number of rotatable bonds is 3. The van der Waals surface area contributed by atoms with Crippen molar-refractivity contribution in [3.8, 4) is 11.5 Å². The third-order valence-corrected chi connectivity index (χ3v) is 4.87. The SMILES string of the molecule is OCc1ccc(-c2nc3cc(C4CCCCC4)ccc3o2)cc1. The Hall–Kier alpha value is -2.13. The van der Waals surface area contributed by atoms with Gasteiger partial charge < -0.3 is 9.52 Å². The summed E-state index contributed by atoms with van der Waals surface area (Å²) in [5.74, 6) is 1.32. The number of aromatic nitrogens is 1. The van der Waals surface area contributed by atoms with Crippen LogP contribution in [0.4, 0.5) is 0 Å². The lowest BCUT2D eigenvalue weighted by atomic mass is 9.84. The number of hydrogen-bond acceptors (Lipinski definition) is 3. The molecule has 1 heterocycles. The Morgan fingerprint density at radius 2 is 1.78 bits per heavy atom. The smallest absolute Gasteiger partial charge is 0.227 e. The molecule has 1 N–H and O–H groups in total. The second-order valence-electron chi connectivity index (χ2n) is 6.44. The topological polar surface area (TPSA) is 46.3 Å². The van der Waals surface area contributed by atoms with Gasteiger partial charge in [-0.2, -0.15) is 0 Å². The van der Waals surface area contributed by atoms with Gasteiger partial charge in [-0.3, -0.25) is 0 Å². The fourth-order valence-corrected chi connectivity index (χ4v) is 3.51. The van der Waals surface area contributed by atoms with Crippen LogP contribution in [0.5, 0.6) is 0 Å². The van der Waals surface area contributed by atoms with Gasteiger partial charge in [0, 0.05) is 5.56 Å². The fraction of sp³-hybridized carbons (Fsp3) is 0.350. The zero-order chi connectivity index (χ0) is 15.6. The van der Waals surface area contributed by atoms with E-state index in [9.17, 15) is 0 Å². The maximum Gasteiger partial charge on any atom is 0.227 e. The van der Waals surface area contributed by atoms with Gasteiger partial charge in [0.2, 0.25) is 5.89 Å². The summed E-state index contributed by atoms with van der Waals surface area (Å²) in [6, 6.07) is 14.1. The summed E-state index contributed by atoms with van der Waals surface area (Å²) < 4.78 is 5.90. The first kappa shape index (κ1) is 14.5. The number of oxazole rings is 1. The molecule has 1 aliphatic carbocycles. The van der Waals surface area contributed by atoms with Crippen LogP contribution in [0.2, 0.25) is 0 Å². The van der Waals surface area contributed by atoms with Crippen LogP contribution in [-0.4, -0.2) is 10.1 Å². The Morgan fingerprint density at radius 3 is 2.52 bits per heavy atom. The molecule has 0 bridgehead atoms. The molecule has 3 nitrogen and oxygen atoms in total. The van der Waals surface area contributed by atoms with E-state index in [-0.39, 0.29) is 6.61 Å². The van der Waals surface area contributed by atoms with E-state index in [0.29, 0.717) is 11.8 Å². The number of aliphatic hydroxyl groups excluding tert-OH is 1. The van der Waals surface area contributed by atoms with Crippen LogP contribution < -0.4 is 0 Å². The Morgan fingerprint density at radius 1 is 1.00 bits per heavy atom. The first-order valence-electron chi connectivity index (χ1n) is 8.44. The van der Waals surface area contributed by atoms with Crippen LogP contribution in [0, 0.1) is 0 Å². The van der Waals surface area contributed by atoms with Gasteiger partial charge in [0.1, 0.15) is 5.52 Å². The number of nitrogens with zero attached hydrogens (tertiary/aromatic N) is 1. The van der Waals surface area contributed by atoms with E-state index >= 15 is 0 Å². The lowest BCUT2D eigenvalue weighted by Gasteiger charge is -2.21. The highest BCUT2D eigenvalue weighted by Gasteiger charge is 2.17. The molecule has 0 spiro atoms. The summed E-state index contributed by atoms with van der Waals surface area (Å²) in [5.41, 5.74) is 5.01. The molecule has 3 aromatic rings. The molecule has 0 aliphatic heterocycles. The van der Waals surface area contributed by atoms with Gasteiger partial charge in [-0.15, -0.1) is 0 Å². The highest BCUT2D eigenvalue weighted by molar-refractivity contribution is 5.77. The molecular formula is C20H21NO2. The van der Waals surface area contributed by atoms with Crippen molar-refractivity contribution in [1.29, 1.82) is 0 Å². The zero-order valence-electron chi connectivity index (χ0n) is 13.2. The summed E-state index contributed by atoms with van der Waals surface area (Å²) in [6.45, 7) is 0.0542. The fourth-order valence-electron chi connectivity index (χ4n) is 3.51. The van der Waals surface area contributed by atoms with Crippen molar-refractivity contribution in [2.24, 2.45) is 0 Å². The van der Waals surface area contributed by atoms with Gasteiger partial charge >= 0.3 is 0 Å². The molecule has 1 fully saturated rings. The normalized spacial score (nSPS) is 16.0. The van der Waals surface area contributed by atoms with E-state index in [1.54, 1.807) is 0 Å². The van der Waals surface area contributed by atoms with Gasteiger partial charge in [0.25, 0.3) is 0 Å². The van der Waals surface area contributed by atoms with E-state index in [2.05, 4.69) is 23.2 Å². The van der Waals surface area contributed by atoms with Crippen LogP contribution in [0.1, 0.15) is 49.1 Å². The van der Waals surface area contributed by atoms with Crippen molar-refractivity contribution in [3.05, 3.63) is 53.6 Å². The summed E-state index contributed by atoms with van der Waals surface area (Å²) in [4.78, 5) is 4.66. The third-order valence-electron chi connectivity index (χ3n) is 4.87. The highest BCUT2D eigenvalue weighted by atomic mass is 16.3. The largest absolute Gasteiger partial charge is 0.436 e. The number of fused-ring (bicyclic) bond motifs is 1. The molecule has 118 valence electrons. The van der Waals surface area contributed by atoms with Gasteiger partial charge in [0.05, 0.1) is 6.61 Å². The van der Waals surface area contributed by atoms with Crippen molar-refractivity contribution in [3.63, 3.8) is 0 Å². The molecule has 2 aromatic carbocycles. The molecule has 0 radical (unpaired) electrons. The minimum atomic E-state index is 0.0542. The van der Waals surface area contributed by atoms with E-state index in [1.807, 2.05) is 24.3 Å². The van der Waals surface area contributed by atoms with Gasteiger partial charge in [-0.1, -0.05) is 37.5 Å². The van der Waals surface area contributed by atoms with Crippen LogP contribution >= 0.6 is 0 Å². The summed E-state index contributed by atoms with van der Waals surface area (Å²) >= 11 is 0. The Kier molecular flexibility index (Phi) is 3.88. The Bertz CT molecular complexity index is 798. The van der Waals surface area contributed by atoms with Crippen LogP contribution in [0.15, 0.2) is 46.9 Å². The lowest BCUT2D eigenvalue weighted by molar-refractivity contribution is 0.282. The van der Waals surface area contributed by atoms with E-state index < -0.39 is 0 Å². The van der Waals surface area contributed by atoms with Crippen molar-refractivity contribution in [2.45, 2.75) is 44.6 Å². The van der Waals surface area contributed by atoms with Crippen molar-refractivity contribution < 1.29 is 9.52 Å². The predicted molar refractivity (Wildman–Crippen MR) is 91.2 cm³/mol. The second kappa shape index (κ2) is 6.17. The number of hydrogen-bond donors (Lipinski definition) is 1. The molecule has 1 aliphatic rings. The molecule has 4 rings (SSSR count). The zero-order valence-corrected chi connectivity index (χ0v) is 13.2. The van der Waals surface area contributed by atoms with Crippen molar-refractivity contribution in [2.75, 3.05) is 0 Å². The lowest BCUT2D eigenvalue weighted by Crippen LogP contribution is -2.04. The van der Waals surface area contributed by atoms with Crippen LogP contribution in [0.3, 0.4) is 0 Å². The predicted octanol–water partition coefficient (Wildman–Crippen LogP) is 5.03. The maximum atomic E-state index is 9.13. The third kappa shape index (κ3) is 2.89. The van der Waals surface area contributed by atoms with Crippen molar-refractivity contribution in [1.82, 2.24) is 4.98 Å². The number of aliphatic hydroxyl groups is 1. The molecular weight excluding hydrogens is 286 g/mol. The van der Waals surface area contributed by atoms with E-state index in [1.165, 1.54) is 37.7 Å². The van der Waals surface area contributed by atoms with Crippen LogP contribution in [0.25, 0.3) is 22.6 Å². The van der Waals surface area contributed by atoms with Gasteiger partial charge in [-0.25, -0.2) is 4.98 Å². The quantitative estimate of drug-likeness (QED) is 0.737. The maximum absolute atomic E-state index is 9.13. The van der Waals surface area contributed by atoms with Gasteiger partial charge in [0.15, 0.2) is 5.58 Å². The average molecular weight is 307 g/mol.